The lowest BCUT2D eigenvalue weighted by atomic mass is 9.97. The Kier molecular flexibility index (Phi) is 3.80. The third-order valence-corrected chi connectivity index (χ3v) is 3.82. The smallest absolute Gasteiger partial charge is 0.166 e. The molecule has 0 radical (unpaired) electrons. The molecular formula is C14H17BrO. The van der Waals surface area contributed by atoms with E-state index in [0.29, 0.717) is 5.78 Å². The maximum absolute atomic E-state index is 12.1. The first-order valence-electron chi connectivity index (χ1n) is 6.05. The van der Waals surface area contributed by atoms with E-state index in [1.807, 2.05) is 12.1 Å². The Morgan fingerprint density at radius 1 is 1.38 bits per heavy atom. The third kappa shape index (κ3) is 2.37. The Morgan fingerprint density at radius 3 is 2.94 bits per heavy atom. The summed E-state index contributed by atoms with van der Waals surface area (Å²) in [5.74, 6) is 0.600. The zero-order valence-electron chi connectivity index (χ0n) is 9.63. The van der Waals surface area contributed by atoms with Gasteiger partial charge in [0.15, 0.2) is 5.78 Å². The lowest BCUT2D eigenvalue weighted by Crippen LogP contribution is -2.08. The van der Waals surface area contributed by atoms with Crippen molar-refractivity contribution in [3.05, 3.63) is 33.8 Å². The second-order valence-corrected chi connectivity index (χ2v) is 5.48. The minimum atomic E-state index is 0.246. The number of carbonyl (C=O) groups excluding carboxylic acids is 1. The van der Waals surface area contributed by atoms with E-state index in [4.69, 9.17) is 0 Å². The first-order chi connectivity index (χ1) is 7.72. The van der Waals surface area contributed by atoms with Crippen molar-refractivity contribution >= 4 is 21.7 Å². The fourth-order valence-electron chi connectivity index (χ4n) is 2.41. The van der Waals surface area contributed by atoms with E-state index in [1.54, 1.807) is 0 Å². The molecule has 0 heterocycles. The number of benzene rings is 1. The molecule has 2 rings (SSSR count). The molecule has 2 heteroatoms. The van der Waals surface area contributed by atoms with Gasteiger partial charge in [0, 0.05) is 16.0 Å². The summed E-state index contributed by atoms with van der Waals surface area (Å²) < 4.78 is 1.01. The van der Waals surface area contributed by atoms with Crippen LogP contribution in [0.15, 0.2) is 22.7 Å². The van der Waals surface area contributed by atoms with Crippen LogP contribution in [0.3, 0.4) is 0 Å². The van der Waals surface area contributed by atoms with Crippen molar-refractivity contribution in [2.75, 3.05) is 0 Å². The van der Waals surface area contributed by atoms with Crippen LogP contribution in [0, 0.1) is 5.92 Å². The van der Waals surface area contributed by atoms with Crippen molar-refractivity contribution in [3.63, 3.8) is 0 Å². The molecule has 0 spiro atoms. The zero-order valence-corrected chi connectivity index (χ0v) is 11.2. The van der Waals surface area contributed by atoms with Crippen LogP contribution in [0.25, 0.3) is 0 Å². The fourth-order valence-corrected chi connectivity index (χ4v) is 2.77. The van der Waals surface area contributed by atoms with E-state index in [2.05, 4.69) is 28.9 Å². The average Bonchev–Trinajstić information content (AvgIpc) is 2.57. The SMILES string of the molecule is CCCCCC1Cc2ccc(Br)cc2C1=O. The number of fused-ring (bicyclic) bond motifs is 1. The molecule has 1 atom stereocenters. The molecule has 0 fully saturated rings. The minimum Gasteiger partial charge on any atom is -0.294 e. The Bertz CT molecular complexity index is 398. The van der Waals surface area contributed by atoms with E-state index in [9.17, 15) is 4.79 Å². The molecule has 0 saturated heterocycles. The van der Waals surface area contributed by atoms with Crippen molar-refractivity contribution in [1.82, 2.24) is 0 Å². The molecule has 1 aromatic carbocycles. The van der Waals surface area contributed by atoms with Crippen LogP contribution in [-0.4, -0.2) is 5.78 Å². The van der Waals surface area contributed by atoms with Crippen LogP contribution < -0.4 is 0 Å². The first kappa shape index (κ1) is 11.8. The Labute approximate surface area is 105 Å². The zero-order chi connectivity index (χ0) is 11.5. The highest BCUT2D eigenvalue weighted by Gasteiger charge is 2.29. The summed E-state index contributed by atoms with van der Waals surface area (Å²) in [5.41, 5.74) is 2.17. The highest BCUT2D eigenvalue weighted by atomic mass is 79.9. The van der Waals surface area contributed by atoms with Crippen LogP contribution in [0.1, 0.15) is 48.5 Å². The van der Waals surface area contributed by atoms with Crippen molar-refractivity contribution in [2.24, 2.45) is 5.92 Å². The summed E-state index contributed by atoms with van der Waals surface area (Å²) in [6.45, 7) is 2.20. The molecule has 0 aliphatic heterocycles. The normalized spacial score (nSPS) is 18.9. The first-order valence-corrected chi connectivity index (χ1v) is 6.84. The van der Waals surface area contributed by atoms with Crippen molar-refractivity contribution in [2.45, 2.75) is 39.0 Å². The summed E-state index contributed by atoms with van der Waals surface area (Å²) >= 11 is 3.42. The topological polar surface area (TPSA) is 17.1 Å². The largest absolute Gasteiger partial charge is 0.294 e. The Morgan fingerprint density at radius 2 is 2.19 bits per heavy atom. The molecule has 0 aromatic heterocycles. The van der Waals surface area contributed by atoms with Gasteiger partial charge in [-0.2, -0.15) is 0 Å². The third-order valence-electron chi connectivity index (χ3n) is 3.33. The predicted octanol–water partition coefficient (Wildman–Crippen LogP) is 4.38. The van der Waals surface area contributed by atoms with E-state index in [-0.39, 0.29) is 5.92 Å². The number of carbonyl (C=O) groups is 1. The summed E-state index contributed by atoms with van der Waals surface area (Å²) in [4.78, 5) is 12.1. The van der Waals surface area contributed by atoms with Gasteiger partial charge in [-0.15, -0.1) is 0 Å². The molecule has 0 amide bonds. The average molecular weight is 281 g/mol. The second kappa shape index (κ2) is 5.13. The number of hydrogen-bond acceptors (Lipinski definition) is 1. The van der Waals surface area contributed by atoms with Gasteiger partial charge in [0.25, 0.3) is 0 Å². The molecule has 1 aliphatic rings. The van der Waals surface area contributed by atoms with Gasteiger partial charge in [-0.05, 0) is 30.5 Å². The summed E-state index contributed by atoms with van der Waals surface area (Å²) in [7, 11) is 0. The molecule has 16 heavy (non-hydrogen) atoms. The monoisotopic (exact) mass is 280 g/mol. The van der Waals surface area contributed by atoms with E-state index in [0.717, 1.165) is 22.9 Å². The minimum absolute atomic E-state index is 0.246. The molecule has 1 unspecified atom stereocenters. The molecular weight excluding hydrogens is 264 g/mol. The van der Waals surface area contributed by atoms with Gasteiger partial charge < -0.3 is 0 Å². The van der Waals surface area contributed by atoms with Gasteiger partial charge in [0.2, 0.25) is 0 Å². The highest BCUT2D eigenvalue weighted by molar-refractivity contribution is 9.10. The van der Waals surface area contributed by atoms with Gasteiger partial charge in [-0.25, -0.2) is 0 Å². The van der Waals surface area contributed by atoms with Crippen LogP contribution in [0.4, 0.5) is 0 Å². The molecule has 0 saturated carbocycles. The molecule has 0 N–H and O–H groups in total. The van der Waals surface area contributed by atoms with E-state index >= 15 is 0 Å². The molecule has 1 aromatic rings. The molecule has 86 valence electrons. The van der Waals surface area contributed by atoms with Gasteiger partial charge >= 0.3 is 0 Å². The number of rotatable bonds is 4. The van der Waals surface area contributed by atoms with Crippen molar-refractivity contribution < 1.29 is 4.79 Å². The number of halogens is 1. The summed E-state index contributed by atoms with van der Waals surface area (Å²) in [5, 5.41) is 0. The van der Waals surface area contributed by atoms with Gasteiger partial charge in [0.1, 0.15) is 0 Å². The van der Waals surface area contributed by atoms with Crippen LogP contribution in [-0.2, 0) is 6.42 Å². The van der Waals surface area contributed by atoms with Gasteiger partial charge in [0.05, 0.1) is 0 Å². The number of unbranched alkanes of at least 4 members (excludes halogenated alkanes) is 2. The summed E-state index contributed by atoms with van der Waals surface area (Å²) in [6, 6.07) is 6.08. The van der Waals surface area contributed by atoms with E-state index < -0.39 is 0 Å². The van der Waals surface area contributed by atoms with Gasteiger partial charge in [-0.1, -0.05) is 48.2 Å². The Hall–Kier alpha value is -0.630. The lowest BCUT2D eigenvalue weighted by molar-refractivity contribution is 0.0929. The molecule has 1 nitrogen and oxygen atoms in total. The predicted molar refractivity (Wildman–Crippen MR) is 69.8 cm³/mol. The number of hydrogen-bond donors (Lipinski definition) is 0. The standard InChI is InChI=1S/C14H17BrO/c1-2-3-4-5-11-8-10-6-7-12(15)9-13(10)14(11)16/h6-7,9,11H,2-5,8H2,1H3. The quantitative estimate of drug-likeness (QED) is 0.748. The number of ketones is 1. The lowest BCUT2D eigenvalue weighted by Gasteiger charge is -2.06. The Balaban J connectivity index is 2.06. The summed E-state index contributed by atoms with van der Waals surface area (Å²) in [6.07, 6.45) is 5.65. The van der Waals surface area contributed by atoms with Crippen molar-refractivity contribution in [3.8, 4) is 0 Å². The maximum Gasteiger partial charge on any atom is 0.166 e. The molecule has 0 bridgehead atoms. The fraction of sp³-hybridized carbons (Fsp3) is 0.500. The second-order valence-electron chi connectivity index (χ2n) is 4.56. The maximum atomic E-state index is 12.1. The highest BCUT2D eigenvalue weighted by Crippen LogP contribution is 2.31. The number of Topliss-reactive ketones (excluding diaryl/α,β-unsaturated/α-hetero) is 1. The van der Waals surface area contributed by atoms with Crippen LogP contribution >= 0.6 is 15.9 Å². The van der Waals surface area contributed by atoms with E-state index in [1.165, 1.54) is 24.8 Å². The van der Waals surface area contributed by atoms with Crippen LogP contribution in [0.2, 0.25) is 0 Å². The van der Waals surface area contributed by atoms with Crippen LogP contribution in [0.5, 0.6) is 0 Å². The van der Waals surface area contributed by atoms with Gasteiger partial charge in [-0.3, -0.25) is 4.79 Å². The van der Waals surface area contributed by atoms with Crippen molar-refractivity contribution in [1.29, 1.82) is 0 Å². The molecule has 1 aliphatic carbocycles.